The maximum absolute atomic E-state index is 14.5. The topological polar surface area (TPSA) is 184 Å². The highest BCUT2D eigenvalue weighted by atomic mass is 32.1. The minimum absolute atomic E-state index is 0.0460. The van der Waals surface area contributed by atoms with Crippen LogP contribution in [-0.2, 0) is 47.6 Å². The van der Waals surface area contributed by atoms with Crippen LogP contribution < -0.4 is 0 Å². The van der Waals surface area contributed by atoms with Gasteiger partial charge in [0.1, 0.15) is 30.6 Å². The monoisotopic (exact) mass is 965 g/mol. The summed E-state index contributed by atoms with van der Waals surface area (Å²) in [5.41, 5.74) is 1.61. The number of ketones is 3. The summed E-state index contributed by atoms with van der Waals surface area (Å²) in [4.78, 5) is 72.3. The predicted octanol–water partition coefficient (Wildman–Crippen LogP) is 7.94. The number of piperidine rings is 1. The van der Waals surface area contributed by atoms with Crippen molar-refractivity contribution < 1.29 is 62.6 Å². The molecule has 3 fully saturated rings. The first-order chi connectivity index (χ1) is 32.4. The molecular formula is C53H75NO13S. The van der Waals surface area contributed by atoms with Gasteiger partial charge in [-0.1, -0.05) is 63.6 Å². The number of Topliss-reactive ketones (excluding diaryl/α,β-unsaturated/α-hetero) is 3. The van der Waals surface area contributed by atoms with Gasteiger partial charge in [-0.15, -0.1) is 11.3 Å². The summed E-state index contributed by atoms with van der Waals surface area (Å²) in [5.74, 6) is -9.23. The van der Waals surface area contributed by atoms with Crippen LogP contribution in [0.2, 0.25) is 0 Å². The number of rotatable bonds is 10. The molecule has 68 heavy (non-hydrogen) atoms. The zero-order valence-electron chi connectivity index (χ0n) is 41.5. The molecule has 0 spiro atoms. The summed E-state index contributed by atoms with van der Waals surface area (Å²) in [6, 6.07) is 8.60. The van der Waals surface area contributed by atoms with E-state index in [0.29, 0.717) is 74.7 Å². The Balaban J connectivity index is 1.27. The highest BCUT2D eigenvalue weighted by Crippen LogP contribution is 2.42. The lowest BCUT2D eigenvalue weighted by Gasteiger charge is -2.48. The zero-order valence-corrected chi connectivity index (χ0v) is 42.3. The molecule has 2 aromatic rings. The third-order valence-electron chi connectivity index (χ3n) is 15.1. The van der Waals surface area contributed by atoms with Crippen molar-refractivity contribution in [2.45, 2.75) is 167 Å². The number of fused-ring (bicyclic) bond motifs is 4. The predicted molar refractivity (Wildman–Crippen MR) is 258 cm³/mol. The number of nitrogens with zero attached hydrogens (tertiary/aromatic N) is 1. The van der Waals surface area contributed by atoms with Crippen LogP contribution in [0.4, 0.5) is 0 Å². The second kappa shape index (κ2) is 23.5. The molecule has 12 atom stereocenters. The number of esters is 1. The van der Waals surface area contributed by atoms with Crippen molar-refractivity contribution >= 4 is 50.6 Å². The van der Waals surface area contributed by atoms with E-state index in [1.165, 1.54) is 30.5 Å². The van der Waals surface area contributed by atoms with E-state index in [1.807, 2.05) is 70.2 Å². The smallest absolute Gasteiger partial charge is 0.329 e. The minimum Gasteiger partial charge on any atom is -0.456 e. The number of ether oxygens (including phenoxy) is 6. The summed E-state index contributed by atoms with van der Waals surface area (Å²) in [6.07, 6.45) is 5.29. The van der Waals surface area contributed by atoms with Crippen LogP contribution in [0.3, 0.4) is 0 Å². The quantitative estimate of drug-likeness (QED) is 0.0770. The van der Waals surface area contributed by atoms with Crippen molar-refractivity contribution in [3.05, 3.63) is 58.5 Å². The van der Waals surface area contributed by atoms with Crippen LogP contribution >= 0.6 is 11.3 Å². The Kier molecular flexibility index (Phi) is 18.5. The van der Waals surface area contributed by atoms with E-state index in [2.05, 4.69) is 0 Å². The fraction of sp³-hybridized carbons (Fsp3) is 0.679. The lowest BCUT2D eigenvalue weighted by molar-refractivity contribution is -0.344. The van der Waals surface area contributed by atoms with E-state index in [9.17, 15) is 34.2 Å². The van der Waals surface area contributed by atoms with Crippen molar-refractivity contribution in [2.24, 2.45) is 29.6 Å². The molecule has 2 N–H and O–H groups in total. The number of thiophene rings is 1. The normalized spacial score (nSPS) is 34.2. The Hall–Kier alpha value is -3.67. The van der Waals surface area contributed by atoms with Gasteiger partial charge in [0, 0.05) is 63.2 Å². The van der Waals surface area contributed by atoms with Crippen molar-refractivity contribution in [3.8, 4) is 0 Å². The molecule has 1 amide bonds. The Bertz CT molecular complexity index is 2130. The Labute approximate surface area is 406 Å². The first-order valence-electron chi connectivity index (χ1n) is 24.7. The van der Waals surface area contributed by atoms with Gasteiger partial charge in [-0.05, 0) is 113 Å². The van der Waals surface area contributed by atoms with Crippen LogP contribution in [0.1, 0.15) is 128 Å². The molecule has 2 saturated heterocycles. The number of cyclic esters (lactones) is 1. The van der Waals surface area contributed by atoms with Gasteiger partial charge in [0.05, 0.1) is 23.2 Å². The lowest BCUT2D eigenvalue weighted by Crippen LogP contribution is -2.64. The minimum atomic E-state index is -2.53. The number of carbonyl (C=O) groups excluding carboxylic acids is 5. The second-order valence-electron chi connectivity index (χ2n) is 20.0. The van der Waals surface area contributed by atoms with Crippen LogP contribution in [0.25, 0.3) is 10.1 Å². The zero-order chi connectivity index (χ0) is 49.5. The van der Waals surface area contributed by atoms with E-state index < -0.39 is 71.3 Å². The molecule has 12 unspecified atom stereocenters. The van der Waals surface area contributed by atoms with Gasteiger partial charge >= 0.3 is 5.97 Å². The first-order valence-corrected chi connectivity index (χ1v) is 25.5. The third-order valence-corrected chi connectivity index (χ3v) is 16.3. The van der Waals surface area contributed by atoms with Crippen molar-refractivity contribution in [3.63, 3.8) is 0 Å². The fourth-order valence-electron chi connectivity index (χ4n) is 11.0. The maximum atomic E-state index is 14.5. The number of methoxy groups -OCH3 is 3. The highest BCUT2D eigenvalue weighted by Gasteiger charge is 2.57. The van der Waals surface area contributed by atoms with Crippen molar-refractivity contribution in [2.75, 3.05) is 34.5 Å². The molecule has 4 heterocycles. The van der Waals surface area contributed by atoms with Crippen LogP contribution in [0, 0.1) is 29.6 Å². The van der Waals surface area contributed by atoms with Gasteiger partial charge in [0.2, 0.25) is 5.79 Å². The second-order valence-corrected chi connectivity index (χ2v) is 21.1. The lowest BCUT2D eigenvalue weighted by atomic mass is 9.81. The molecule has 1 aromatic heterocycles. The van der Waals surface area contributed by atoms with E-state index in [0.717, 1.165) is 15.7 Å². The van der Waals surface area contributed by atoms with Gasteiger partial charge in [-0.3, -0.25) is 19.2 Å². The number of hydrogen-bond acceptors (Lipinski definition) is 14. The van der Waals surface area contributed by atoms with Gasteiger partial charge in [-0.25, -0.2) is 4.79 Å². The average molecular weight is 966 g/mol. The Morgan fingerprint density at radius 3 is 2.40 bits per heavy atom. The molecule has 3 aliphatic heterocycles. The summed E-state index contributed by atoms with van der Waals surface area (Å²) >= 11 is 1.45. The van der Waals surface area contributed by atoms with Crippen LogP contribution in [0.15, 0.2) is 53.6 Å². The fourth-order valence-corrected chi connectivity index (χ4v) is 12.0. The molecule has 4 aliphatic rings. The molecule has 1 aliphatic carbocycles. The summed E-state index contributed by atoms with van der Waals surface area (Å²) in [6.45, 7) is 11.2. The van der Waals surface area contributed by atoms with Crippen LogP contribution in [0.5, 0.6) is 0 Å². The molecule has 2 bridgehead atoms. The SMILES string of the molecule is CCC1C=C(C)CC(C)CC(OC)(OC)C2CCC(C)C(O)(O2)C(=O)C(=O)N2CCCCC2C(=O)OC(C(C)=CC2CCC(OCC(=O)c3cc4ccccc4s3)C(OC)C2)C(C)C(O)CC1=O. The third kappa shape index (κ3) is 12.1. The summed E-state index contributed by atoms with van der Waals surface area (Å²) in [7, 11) is 4.58. The molecule has 15 heteroatoms. The van der Waals surface area contributed by atoms with E-state index in [4.69, 9.17) is 28.4 Å². The van der Waals surface area contributed by atoms with Crippen molar-refractivity contribution in [1.82, 2.24) is 4.90 Å². The Morgan fingerprint density at radius 1 is 0.971 bits per heavy atom. The summed E-state index contributed by atoms with van der Waals surface area (Å²) < 4.78 is 37.8. The number of carbonyl (C=O) groups is 5. The van der Waals surface area contributed by atoms with Gasteiger partial charge in [-0.2, -0.15) is 0 Å². The molecule has 6 rings (SSSR count). The molecule has 0 radical (unpaired) electrons. The first kappa shape index (κ1) is 53.7. The Morgan fingerprint density at radius 2 is 1.71 bits per heavy atom. The average Bonchev–Trinajstić information content (AvgIpc) is 3.78. The van der Waals surface area contributed by atoms with Gasteiger partial charge < -0.3 is 43.5 Å². The number of allylic oxidation sites excluding steroid dienone is 3. The van der Waals surface area contributed by atoms with E-state index >= 15 is 0 Å². The largest absolute Gasteiger partial charge is 0.456 e. The van der Waals surface area contributed by atoms with Gasteiger partial charge in [0.15, 0.2) is 11.6 Å². The molecule has 376 valence electrons. The number of benzene rings is 1. The molecular weight excluding hydrogens is 891 g/mol. The van der Waals surface area contributed by atoms with E-state index in [-0.39, 0.29) is 61.6 Å². The molecule has 14 nitrogen and oxygen atoms in total. The highest BCUT2D eigenvalue weighted by molar-refractivity contribution is 7.20. The number of aliphatic hydroxyl groups excluding tert-OH is 1. The van der Waals surface area contributed by atoms with Gasteiger partial charge in [0.25, 0.3) is 11.7 Å². The number of aliphatic hydroxyl groups is 2. The molecule has 1 saturated carbocycles. The van der Waals surface area contributed by atoms with Crippen LogP contribution in [-0.4, -0.2) is 127 Å². The standard InChI is InChI=1S/C53H75NO13S/c1-10-37-24-31(2)23-32(3)29-52(63-8,64-9)47-21-18-34(5)53(61,67-47)49(58)50(59)54-22-14-13-16-39(54)51(60)66-48(35(6)40(55)28-41(37)56)33(4)25-36-19-20-43(44(26-36)62-7)65-30-42(57)46-27-38-15-11-12-17-45(38)68-46/h11-12,15,17,24-25,27,32,34-37,39-40,43-44,47-48,55,61H,10,13-14,16,18-23,26,28-30H2,1-9H3. The van der Waals surface area contributed by atoms with Crippen molar-refractivity contribution in [1.29, 1.82) is 0 Å². The van der Waals surface area contributed by atoms with E-state index in [1.54, 1.807) is 21.0 Å². The number of hydrogen-bond donors (Lipinski definition) is 2. The summed E-state index contributed by atoms with van der Waals surface area (Å²) in [5, 5.41) is 25.0. The molecule has 1 aromatic carbocycles. The maximum Gasteiger partial charge on any atom is 0.329 e. The number of amides is 1.